The zero-order valence-electron chi connectivity index (χ0n) is 17.2. The van der Waals surface area contributed by atoms with Gasteiger partial charge < -0.3 is 14.6 Å². The second-order valence-corrected chi connectivity index (χ2v) is 9.72. The van der Waals surface area contributed by atoms with E-state index in [0.717, 1.165) is 10.0 Å². The van der Waals surface area contributed by atoms with Crippen LogP contribution in [0.25, 0.3) is 0 Å². The number of nitrogens with zero attached hydrogens (tertiary/aromatic N) is 1. The van der Waals surface area contributed by atoms with Crippen LogP contribution in [0.1, 0.15) is 31.1 Å². The van der Waals surface area contributed by atoms with Crippen molar-refractivity contribution >= 4 is 43.4 Å². The summed E-state index contributed by atoms with van der Waals surface area (Å²) in [4.78, 5) is 12.3. The van der Waals surface area contributed by atoms with Gasteiger partial charge in [-0.25, -0.2) is 8.42 Å². The average molecular weight is 508 g/mol. The minimum atomic E-state index is -3.82. The number of amides is 1. The summed E-state index contributed by atoms with van der Waals surface area (Å²) in [6.07, 6.45) is 0. The Labute approximate surface area is 189 Å². The molecule has 3 aromatic rings. The second-order valence-electron chi connectivity index (χ2n) is 7.13. The van der Waals surface area contributed by atoms with Gasteiger partial charge in [-0.05, 0) is 60.9 Å². The lowest BCUT2D eigenvalue weighted by atomic mass is 10.0. The highest BCUT2D eigenvalue weighted by Crippen LogP contribution is 2.29. The monoisotopic (exact) mass is 507 g/mol. The summed E-state index contributed by atoms with van der Waals surface area (Å²) in [7, 11) is -3.82. The molecule has 1 aromatic heterocycles. The lowest BCUT2D eigenvalue weighted by Crippen LogP contribution is -2.20. The van der Waals surface area contributed by atoms with Gasteiger partial charge in [-0.1, -0.05) is 34.9 Å². The predicted molar refractivity (Wildman–Crippen MR) is 121 cm³/mol. The highest BCUT2D eigenvalue weighted by molar-refractivity contribution is 9.10. The number of hydrogen-bond acceptors (Lipinski definition) is 6. The molecule has 164 valence electrons. The molecule has 0 aliphatic carbocycles. The first-order chi connectivity index (χ1) is 14.6. The van der Waals surface area contributed by atoms with E-state index in [-0.39, 0.29) is 29.1 Å². The van der Waals surface area contributed by atoms with Crippen molar-refractivity contribution in [2.24, 2.45) is 0 Å². The van der Waals surface area contributed by atoms with E-state index in [1.165, 1.54) is 30.3 Å². The Bertz CT molecular complexity index is 1170. The summed E-state index contributed by atoms with van der Waals surface area (Å²) in [5.41, 5.74) is 1.44. The second kappa shape index (κ2) is 9.52. The topological polar surface area (TPSA) is 111 Å². The summed E-state index contributed by atoms with van der Waals surface area (Å²) in [5, 5.41) is 6.30. The molecule has 0 fully saturated rings. The van der Waals surface area contributed by atoms with Crippen molar-refractivity contribution in [1.82, 2.24) is 5.16 Å². The minimum absolute atomic E-state index is 0.0267. The molecule has 0 radical (unpaired) electrons. The van der Waals surface area contributed by atoms with Crippen molar-refractivity contribution in [3.05, 3.63) is 64.3 Å². The summed E-state index contributed by atoms with van der Waals surface area (Å²) in [6.45, 7) is 5.58. The Kier molecular flexibility index (Phi) is 7.01. The van der Waals surface area contributed by atoms with Gasteiger partial charge in [0.05, 0.1) is 4.90 Å². The third-order valence-corrected chi connectivity index (χ3v) is 6.13. The molecular weight excluding hydrogens is 486 g/mol. The molecule has 0 atom stereocenters. The molecule has 0 aliphatic heterocycles. The van der Waals surface area contributed by atoms with Crippen molar-refractivity contribution in [3.63, 3.8) is 0 Å². The Hall–Kier alpha value is -2.85. The Morgan fingerprint density at radius 1 is 1.16 bits per heavy atom. The van der Waals surface area contributed by atoms with Gasteiger partial charge in [0.2, 0.25) is 0 Å². The smallest absolute Gasteiger partial charge is 0.263 e. The fourth-order valence-electron chi connectivity index (χ4n) is 2.77. The van der Waals surface area contributed by atoms with Crippen LogP contribution in [0.2, 0.25) is 0 Å². The van der Waals surface area contributed by atoms with E-state index < -0.39 is 10.0 Å². The maximum Gasteiger partial charge on any atom is 0.263 e. The van der Waals surface area contributed by atoms with Crippen molar-refractivity contribution in [1.29, 1.82) is 0 Å². The molecule has 0 aliphatic rings. The van der Waals surface area contributed by atoms with Gasteiger partial charge in [0.1, 0.15) is 11.5 Å². The Morgan fingerprint density at radius 3 is 2.48 bits per heavy atom. The number of benzene rings is 2. The van der Waals surface area contributed by atoms with Crippen LogP contribution in [0.3, 0.4) is 0 Å². The van der Waals surface area contributed by atoms with E-state index in [9.17, 15) is 13.2 Å². The number of carbonyl (C=O) groups excluding carboxylic acids is 1. The van der Waals surface area contributed by atoms with Crippen LogP contribution in [0.4, 0.5) is 11.5 Å². The molecule has 1 heterocycles. The Balaban J connectivity index is 1.60. The summed E-state index contributed by atoms with van der Waals surface area (Å²) >= 11 is 3.44. The van der Waals surface area contributed by atoms with Gasteiger partial charge in [-0.15, -0.1) is 0 Å². The molecule has 2 N–H and O–H groups in total. The van der Waals surface area contributed by atoms with Crippen LogP contribution in [0, 0.1) is 6.92 Å². The van der Waals surface area contributed by atoms with E-state index in [0.29, 0.717) is 17.2 Å². The number of aryl methyl sites for hydroxylation is 1. The number of anilines is 2. The average Bonchev–Trinajstić information content (AvgIpc) is 3.11. The molecule has 0 bridgehead atoms. The molecular formula is C21H22BrN3O5S. The largest absolute Gasteiger partial charge is 0.483 e. The highest BCUT2D eigenvalue weighted by atomic mass is 79.9. The van der Waals surface area contributed by atoms with Crippen LogP contribution in [-0.4, -0.2) is 26.1 Å². The maximum atomic E-state index is 12.4. The molecule has 10 heteroatoms. The fraction of sp³-hybridized carbons (Fsp3) is 0.238. The number of carbonyl (C=O) groups is 1. The molecule has 0 saturated heterocycles. The maximum absolute atomic E-state index is 12.4. The van der Waals surface area contributed by atoms with Crippen molar-refractivity contribution in [2.45, 2.75) is 31.6 Å². The van der Waals surface area contributed by atoms with Crippen molar-refractivity contribution in [2.75, 3.05) is 16.6 Å². The number of hydrogen-bond donors (Lipinski definition) is 2. The SMILES string of the molecule is Cc1cc(NS(=O)(=O)c2ccc(NC(=O)COc3ccc(Br)cc3C(C)C)cc2)no1. The zero-order valence-corrected chi connectivity index (χ0v) is 19.6. The number of sulfonamides is 1. The van der Waals surface area contributed by atoms with Gasteiger partial charge in [0.15, 0.2) is 12.4 Å². The first-order valence-corrected chi connectivity index (χ1v) is 11.7. The first kappa shape index (κ1) is 22.8. The quantitative estimate of drug-likeness (QED) is 0.457. The number of rotatable bonds is 8. The van der Waals surface area contributed by atoms with E-state index in [1.807, 2.05) is 32.0 Å². The van der Waals surface area contributed by atoms with E-state index >= 15 is 0 Å². The zero-order chi connectivity index (χ0) is 22.6. The molecule has 1 amide bonds. The lowest BCUT2D eigenvalue weighted by molar-refractivity contribution is -0.118. The van der Waals surface area contributed by atoms with E-state index in [1.54, 1.807) is 6.92 Å². The van der Waals surface area contributed by atoms with Gasteiger partial charge in [-0.2, -0.15) is 0 Å². The molecule has 3 rings (SSSR count). The van der Waals surface area contributed by atoms with Gasteiger partial charge in [-0.3, -0.25) is 9.52 Å². The lowest BCUT2D eigenvalue weighted by Gasteiger charge is -2.14. The van der Waals surface area contributed by atoms with E-state index in [4.69, 9.17) is 9.26 Å². The first-order valence-electron chi connectivity index (χ1n) is 9.42. The predicted octanol–water partition coefficient (Wildman–Crippen LogP) is 4.69. The van der Waals surface area contributed by atoms with Crippen LogP contribution in [0.5, 0.6) is 5.75 Å². The molecule has 0 spiro atoms. The third kappa shape index (κ3) is 6.08. The summed E-state index contributed by atoms with van der Waals surface area (Å²) in [6, 6.07) is 12.9. The molecule has 31 heavy (non-hydrogen) atoms. The van der Waals surface area contributed by atoms with Crippen LogP contribution >= 0.6 is 15.9 Å². The molecule has 2 aromatic carbocycles. The number of nitrogens with one attached hydrogen (secondary N) is 2. The standard InChI is InChI=1S/C21H22BrN3O5S/c1-13(2)18-11-15(22)4-9-19(18)29-12-21(26)23-16-5-7-17(8-6-16)31(27,28)25-20-10-14(3)30-24-20/h4-11,13H,12H2,1-3H3,(H,23,26)(H,24,25). The normalized spacial score (nSPS) is 11.4. The van der Waals surface area contributed by atoms with Gasteiger partial charge in [0, 0.05) is 16.2 Å². The van der Waals surface area contributed by atoms with Crippen LogP contribution < -0.4 is 14.8 Å². The van der Waals surface area contributed by atoms with Crippen molar-refractivity contribution in [3.8, 4) is 5.75 Å². The van der Waals surface area contributed by atoms with Gasteiger partial charge >= 0.3 is 0 Å². The Morgan fingerprint density at radius 2 is 1.87 bits per heavy atom. The number of halogens is 1. The molecule has 8 nitrogen and oxygen atoms in total. The number of aromatic nitrogens is 1. The van der Waals surface area contributed by atoms with Crippen LogP contribution in [-0.2, 0) is 14.8 Å². The highest BCUT2D eigenvalue weighted by Gasteiger charge is 2.17. The third-order valence-electron chi connectivity index (χ3n) is 4.27. The van der Waals surface area contributed by atoms with Crippen molar-refractivity contribution < 1.29 is 22.5 Å². The minimum Gasteiger partial charge on any atom is -0.483 e. The summed E-state index contributed by atoms with van der Waals surface area (Å²) in [5.74, 6) is 1.11. The van der Waals surface area contributed by atoms with E-state index in [2.05, 4.69) is 31.1 Å². The molecule has 0 saturated carbocycles. The van der Waals surface area contributed by atoms with Crippen LogP contribution in [0.15, 0.2) is 62.4 Å². The summed E-state index contributed by atoms with van der Waals surface area (Å²) < 4.78 is 38.6. The van der Waals surface area contributed by atoms with Gasteiger partial charge in [0.25, 0.3) is 15.9 Å². The number of ether oxygens (including phenoxy) is 1. The fourth-order valence-corrected chi connectivity index (χ4v) is 4.13. The molecule has 0 unspecified atom stereocenters.